The van der Waals surface area contributed by atoms with Crippen LogP contribution in [0.15, 0.2) is 0 Å². The highest BCUT2D eigenvalue weighted by atomic mass is 16.5. The van der Waals surface area contributed by atoms with Crippen molar-refractivity contribution in [3.8, 4) is 0 Å². The number of esters is 1. The van der Waals surface area contributed by atoms with Gasteiger partial charge in [-0.3, -0.25) is 14.5 Å². The highest BCUT2D eigenvalue weighted by molar-refractivity contribution is 5.86. The third kappa shape index (κ3) is 5.17. The SMILES string of the molecule is CCOC(=O)C1CCCCN1C(=O)CN1CCN(C(=O)C(C)C)CC1. The normalized spacial score (nSPS) is 22.2. The molecule has 0 radical (unpaired) electrons. The summed E-state index contributed by atoms with van der Waals surface area (Å²) in [6.45, 7) is 9.57. The largest absolute Gasteiger partial charge is 0.464 e. The van der Waals surface area contributed by atoms with Gasteiger partial charge in [0.2, 0.25) is 11.8 Å². The number of piperazine rings is 1. The molecule has 25 heavy (non-hydrogen) atoms. The minimum Gasteiger partial charge on any atom is -0.464 e. The van der Waals surface area contributed by atoms with Crippen molar-refractivity contribution < 1.29 is 19.1 Å². The summed E-state index contributed by atoms with van der Waals surface area (Å²) in [7, 11) is 0. The van der Waals surface area contributed by atoms with Crippen molar-refractivity contribution in [2.24, 2.45) is 5.92 Å². The number of nitrogens with zero attached hydrogens (tertiary/aromatic N) is 3. The van der Waals surface area contributed by atoms with Crippen LogP contribution in [0.25, 0.3) is 0 Å². The van der Waals surface area contributed by atoms with Crippen LogP contribution in [0.2, 0.25) is 0 Å². The Hall–Kier alpha value is -1.63. The summed E-state index contributed by atoms with van der Waals surface area (Å²) < 4.78 is 5.12. The highest BCUT2D eigenvalue weighted by Gasteiger charge is 2.34. The molecule has 0 spiro atoms. The molecule has 2 fully saturated rings. The second-order valence-corrected chi connectivity index (χ2v) is 7.11. The zero-order chi connectivity index (χ0) is 18.4. The fourth-order valence-corrected chi connectivity index (χ4v) is 3.49. The van der Waals surface area contributed by atoms with E-state index < -0.39 is 6.04 Å². The number of carbonyl (C=O) groups is 3. The third-order valence-electron chi connectivity index (χ3n) is 4.92. The van der Waals surface area contributed by atoms with E-state index in [-0.39, 0.29) is 23.7 Å². The van der Waals surface area contributed by atoms with Gasteiger partial charge in [0, 0.05) is 38.6 Å². The number of likely N-dealkylation sites (tertiary alicyclic amines) is 1. The van der Waals surface area contributed by atoms with Gasteiger partial charge in [-0.05, 0) is 26.2 Å². The van der Waals surface area contributed by atoms with Crippen LogP contribution in [0.3, 0.4) is 0 Å². The molecule has 2 amide bonds. The lowest BCUT2D eigenvalue weighted by Crippen LogP contribution is -2.55. The van der Waals surface area contributed by atoms with E-state index in [1.54, 1.807) is 11.8 Å². The standard InChI is InChI=1S/C18H31N3O4/c1-4-25-18(24)15-7-5-6-8-21(15)16(22)13-19-9-11-20(12-10-19)17(23)14(2)3/h14-15H,4-13H2,1-3H3. The molecular weight excluding hydrogens is 322 g/mol. The lowest BCUT2D eigenvalue weighted by molar-refractivity contribution is -0.157. The average Bonchev–Trinajstić information content (AvgIpc) is 2.61. The predicted octanol–water partition coefficient (Wildman–Crippen LogP) is 0.731. The molecule has 0 aromatic rings. The van der Waals surface area contributed by atoms with Crippen LogP contribution >= 0.6 is 0 Å². The Balaban J connectivity index is 1.86. The molecule has 7 nitrogen and oxygen atoms in total. The zero-order valence-electron chi connectivity index (χ0n) is 15.7. The van der Waals surface area contributed by atoms with Gasteiger partial charge in [-0.15, -0.1) is 0 Å². The number of carbonyl (C=O) groups excluding carboxylic acids is 3. The molecule has 7 heteroatoms. The van der Waals surface area contributed by atoms with Crippen molar-refractivity contribution in [3.05, 3.63) is 0 Å². The van der Waals surface area contributed by atoms with Crippen molar-refractivity contribution in [2.75, 3.05) is 45.9 Å². The molecule has 0 saturated carbocycles. The molecule has 0 aliphatic carbocycles. The van der Waals surface area contributed by atoms with E-state index in [2.05, 4.69) is 4.90 Å². The zero-order valence-corrected chi connectivity index (χ0v) is 15.7. The van der Waals surface area contributed by atoms with Crippen molar-refractivity contribution in [1.29, 1.82) is 0 Å². The summed E-state index contributed by atoms with van der Waals surface area (Å²) in [6, 6.07) is -0.440. The maximum atomic E-state index is 12.7. The van der Waals surface area contributed by atoms with E-state index in [0.29, 0.717) is 52.3 Å². The Kier molecular flexibility index (Phi) is 7.23. The van der Waals surface area contributed by atoms with Crippen LogP contribution in [0.4, 0.5) is 0 Å². The number of piperidine rings is 1. The summed E-state index contributed by atoms with van der Waals surface area (Å²) in [5, 5.41) is 0. The van der Waals surface area contributed by atoms with E-state index in [9.17, 15) is 14.4 Å². The maximum absolute atomic E-state index is 12.7. The molecule has 2 saturated heterocycles. The second-order valence-electron chi connectivity index (χ2n) is 7.11. The minimum atomic E-state index is -0.440. The smallest absolute Gasteiger partial charge is 0.328 e. The quantitative estimate of drug-likeness (QED) is 0.682. The fourth-order valence-electron chi connectivity index (χ4n) is 3.49. The third-order valence-corrected chi connectivity index (χ3v) is 4.92. The Morgan fingerprint density at radius 2 is 1.72 bits per heavy atom. The Morgan fingerprint density at radius 1 is 1.04 bits per heavy atom. The van der Waals surface area contributed by atoms with Gasteiger partial charge < -0.3 is 14.5 Å². The molecule has 2 aliphatic heterocycles. The van der Waals surface area contributed by atoms with Crippen LogP contribution < -0.4 is 0 Å². The van der Waals surface area contributed by atoms with Crippen molar-refractivity contribution >= 4 is 17.8 Å². The van der Waals surface area contributed by atoms with Crippen molar-refractivity contribution in [1.82, 2.24) is 14.7 Å². The van der Waals surface area contributed by atoms with Crippen LogP contribution in [0.1, 0.15) is 40.0 Å². The van der Waals surface area contributed by atoms with Crippen molar-refractivity contribution in [2.45, 2.75) is 46.1 Å². The molecule has 1 atom stereocenters. The number of hydrogen-bond acceptors (Lipinski definition) is 5. The van der Waals surface area contributed by atoms with Gasteiger partial charge in [0.25, 0.3) is 0 Å². The molecule has 1 unspecified atom stereocenters. The predicted molar refractivity (Wildman–Crippen MR) is 93.8 cm³/mol. The summed E-state index contributed by atoms with van der Waals surface area (Å²) in [5.41, 5.74) is 0. The number of rotatable bonds is 5. The lowest BCUT2D eigenvalue weighted by atomic mass is 10.0. The van der Waals surface area contributed by atoms with Crippen LogP contribution in [-0.2, 0) is 19.1 Å². The van der Waals surface area contributed by atoms with Gasteiger partial charge in [0.15, 0.2) is 0 Å². The van der Waals surface area contributed by atoms with E-state index >= 15 is 0 Å². The topological polar surface area (TPSA) is 70.2 Å². The summed E-state index contributed by atoms with van der Waals surface area (Å²) in [5.74, 6) is -0.125. The van der Waals surface area contributed by atoms with E-state index in [1.807, 2.05) is 18.7 Å². The molecule has 142 valence electrons. The molecule has 0 aromatic heterocycles. The van der Waals surface area contributed by atoms with Gasteiger partial charge >= 0.3 is 5.97 Å². The van der Waals surface area contributed by atoms with Gasteiger partial charge in [-0.1, -0.05) is 13.8 Å². The monoisotopic (exact) mass is 353 g/mol. The first-order chi connectivity index (χ1) is 11.9. The summed E-state index contributed by atoms with van der Waals surface area (Å²) in [6.07, 6.45) is 2.56. The Bertz CT molecular complexity index is 487. The van der Waals surface area contributed by atoms with E-state index in [4.69, 9.17) is 4.74 Å². The van der Waals surface area contributed by atoms with Crippen molar-refractivity contribution in [3.63, 3.8) is 0 Å². The van der Waals surface area contributed by atoms with Crippen LogP contribution in [0.5, 0.6) is 0 Å². The Morgan fingerprint density at radius 3 is 2.32 bits per heavy atom. The fraction of sp³-hybridized carbons (Fsp3) is 0.833. The first kappa shape index (κ1) is 19.7. The number of hydrogen-bond donors (Lipinski definition) is 0. The molecule has 2 heterocycles. The van der Waals surface area contributed by atoms with Crippen LogP contribution in [-0.4, -0.2) is 84.4 Å². The Labute approximate surface area is 150 Å². The molecule has 0 N–H and O–H groups in total. The molecule has 0 aromatic carbocycles. The van der Waals surface area contributed by atoms with E-state index in [0.717, 1.165) is 12.8 Å². The minimum absolute atomic E-state index is 0.00636. The average molecular weight is 353 g/mol. The summed E-state index contributed by atoms with van der Waals surface area (Å²) >= 11 is 0. The number of amides is 2. The van der Waals surface area contributed by atoms with Gasteiger partial charge in [-0.25, -0.2) is 4.79 Å². The molecule has 2 aliphatic rings. The van der Waals surface area contributed by atoms with Gasteiger partial charge in [-0.2, -0.15) is 0 Å². The maximum Gasteiger partial charge on any atom is 0.328 e. The molecular formula is C18H31N3O4. The second kappa shape index (κ2) is 9.17. The lowest BCUT2D eigenvalue weighted by Gasteiger charge is -2.38. The first-order valence-corrected chi connectivity index (χ1v) is 9.41. The summed E-state index contributed by atoms with van der Waals surface area (Å²) in [4.78, 5) is 42.5. The highest BCUT2D eigenvalue weighted by Crippen LogP contribution is 2.19. The van der Waals surface area contributed by atoms with Crippen LogP contribution in [0, 0.1) is 5.92 Å². The first-order valence-electron chi connectivity index (χ1n) is 9.41. The van der Waals surface area contributed by atoms with Gasteiger partial charge in [0.05, 0.1) is 13.2 Å². The molecule has 0 bridgehead atoms. The number of ether oxygens (including phenoxy) is 1. The van der Waals surface area contributed by atoms with Gasteiger partial charge in [0.1, 0.15) is 6.04 Å². The van der Waals surface area contributed by atoms with E-state index in [1.165, 1.54) is 0 Å². The molecule has 2 rings (SSSR count).